The number of imide groups is 1. The molecule has 0 radical (unpaired) electrons. The smallest absolute Gasteiger partial charge is 0.416 e. The molecule has 118 valence electrons. The molecule has 0 bridgehead atoms. The molecule has 23 heavy (non-hydrogen) atoms. The van der Waals surface area contributed by atoms with Crippen molar-refractivity contribution in [2.75, 3.05) is 6.61 Å². The third-order valence-corrected chi connectivity index (χ3v) is 4.00. The van der Waals surface area contributed by atoms with Crippen molar-refractivity contribution in [2.45, 2.75) is 18.9 Å². The highest BCUT2D eigenvalue weighted by atomic mass is 16.6. The van der Waals surface area contributed by atoms with E-state index in [1.165, 1.54) is 4.90 Å². The average Bonchev–Trinajstić information content (AvgIpc) is 2.75. The monoisotopic (exact) mass is 309 g/mol. The summed E-state index contributed by atoms with van der Waals surface area (Å²) in [4.78, 5) is 25.8. The van der Waals surface area contributed by atoms with Gasteiger partial charge in [-0.15, -0.1) is 0 Å². The van der Waals surface area contributed by atoms with Crippen LogP contribution in [0.2, 0.25) is 0 Å². The van der Waals surface area contributed by atoms with E-state index >= 15 is 0 Å². The fourth-order valence-electron chi connectivity index (χ4n) is 2.84. The van der Waals surface area contributed by atoms with E-state index in [1.807, 2.05) is 66.8 Å². The second-order valence-electron chi connectivity index (χ2n) is 5.71. The van der Waals surface area contributed by atoms with Gasteiger partial charge in [0.25, 0.3) is 0 Å². The Morgan fingerprint density at radius 3 is 2.48 bits per heavy atom. The molecular weight excluding hydrogens is 290 g/mol. The first-order chi connectivity index (χ1) is 11.2. The number of cyclic esters (lactones) is 1. The van der Waals surface area contributed by atoms with Crippen molar-refractivity contribution < 1.29 is 14.3 Å². The van der Waals surface area contributed by atoms with Crippen LogP contribution >= 0.6 is 0 Å². The second kappa shape index (κ2) is 7.09. The maximum atomic E-state index is 12.6. The molecule has 3 rings (SSSR count). The van der Waals surface area contributed by atoms with E-state index in [0.29, 0.717) is 6.42 Å². The van der Waals surface area contributed by atoms with Gasteiger partial charge in [0.2, 0.25) is 5.91 Å². The zero-order valence-electron chi connectivity index (χ0n) is 12.8. The summed E-state index contributed by atoms with van der Waals surface area (Å²) in [6.07, 6.45) is 12.0. The molecule has 0 unspecified atom stereocenters. The highest BCUT2D eigenvalue weighted by molar-refractivity contribution is 5.93. The number of hydrogen-bond donors (Lipinski definition) is 0. The third-order valence-electron chi connectivity index (χ3n) is 4.00. The molecular formula is C19H19NO3. The van der Waals surface area contributed by atoms with E-state index in [9.17, 15) is 9.59 Å². The fraction of sp³-hybridized carbons (Fsp3) is 0.263. The number of allylic oxidation sites excluding steroid dienone is 6. The van der Waals surface area contributed by atoms with Gasteiger partial charge in [0, 0.05) is 12.3 Å². The number of hydrogen-bond acceptors (Lipinski definition) is 3. The Morgan fingerprint density at radius 2 is 1.78 bits per heavy atom. The Labute approximate surface area is 135 Å². The van der Waals surface area contributed by atoms with Gasteiger partial charge in [0.15, 0.2) is 0 Å². The minimum Gasteiger partial charge on any atom is -0.447 e. The lowest BCUT2D eigenvalue weighted by molar-refractivity contribution is -0.129. The molecule has 0 saturated carbocycles. The van der Waals surface area contributed by atoms with Crippen molar-refractivity contribution >= 4 is 12.0 Å². The van der Waals surface area contributed by atoms with Crippen molar-refractivity contribution in [2.24, 2.45) is 5.92 Å². The summed E-state index contributed by atoms with van der Waals surface area (Å²) in [5, 5.41) is 0. The topological polar surface area (TPSA) is 46.6 Å². The lowest BCUT2D eigenvalue weighted by Crippen LogP contribution is -2.40. The molecule has 2 amide bonds. The molecule has 0 N–H and O–H groups in total. The number of ether oxygens (including phenoxy) is 1. The van der Waals surface area contributed by atoms with Crippen molar-refractivity contribution in [1.29, 1.82) is 0 Å². The largest absolute Gasteiger partial charge is 0.447 e. The van der Waals surface area contributed by atoms with Crippen molar-refractivity contribution in [3.8, 4) is 0 Å². The van der Waals surface area contributed by atoms with Gasteiger partial charge in [-0.05, 0) is 12.0 Å². The summed E-state index contributed by atoms with van der Waals surface area (Å²) in [5.41, 5.74) is 1.09. The standard InChI is InChI=1S/C19H19NO3/c21-18(13-16-10-4-1-2-5-11-16)20-17(14-23-19(20)22)12-15-8-6-3-7-9-15/h1-11,16-17H,12-14H2/t17-/m0/s1. The molecule has 4 heteroatoms. The molecule has 1 saturated heterocycles. The van der Waals surface area contributed by atoms with Crippen molar-refractivity contribution in [3.63, 3.8) is 0 Å². The summed E-state index contributed by atoms with van der Waals surface area (Å²) in [6.45, 7) is 0.261. The van der Waals surface area contributed by atoms with E-state index in [0.717, 1.165) is 5.56 Å². The van der Waals surface area contributed by atoms with Crippen LogP contribution in [0.4, 0.5) is 4.79 Å². The minimum absolute atomic E-state index is 0.00303. The van der Waals surface area contributed by atoms with Crippen molar-refractivity contribution in [3.05, 3.63) is 72.4 Å². The van der Waals surface area contributed by atoms with E-state index in [2.05, 4.69) is 0 Å². The Balaban J connectivity index is 1.68. The molecule has 1 aromatic carbocycles. The number of carbonyl (C=O) groups is 2. The van der Waals surface area contributed by atoms with E-state index in [-0.39, 0.29) is 30.9 Å². The third kappa shape index (κ3) is 3.77. The Morgan fingerprint density at radius 1 is 1.09 bits per heavy atom. The van der Waals surface area contributed by atoms with Crippen LogP contribution in [-0.2, 0) is 16.0 Å². The SMILES string of the molecule is O=C(CC1C=CC=CC=C1)N1C(=O)OC[C@@H]1Cc1ccccc1. The fourth-order valence-corrected chi connectivity index (χ4v) is 2.84. The summed E-state index contributed by atoms with van der Waals surface area (Å²) in [5.74, 6) is -0.182. The predicted octanol–water partition coefficient (Wildman–Crippen LogP) is 3.27. The molecule has 1 heterocycles. The number of rotatable bonds is 4. The van der Waals surface area contributed by atoms with Gasteiger partial charge < -0.3 is 4.74 Å². The van der Waals surface area contributed by atoms with Gasteiger partial charge in [-0.3, -0.25) is 4.79 Å². The first kappa shape index (κ1) is 15.3. The summed E-state index contributed by atoms with van der Waals surface area (Å²) in [6, 6.07) is 9.61. The number of benzene rings is 1. The second-order valence-corrected chi connectivity index (χ2v) is 5.71. The van der Waals surface area contributed by atoms with Crippen LogP contribution in [0.25, 0.3) is 0 Å². The number of amides is 2. The maximum absolute atomic E-state index is 12.6. The number of carbonyl (C=O) groups excluding carboxylic acids is 2. The average molecular weight is 309 g/mol. The van der Waals surface area contributed by atoms with Crippen molar-refractivity contribution in [1.82, 2.24) is 4.90 Å². The highest BCUT2D eigenvalue weighted by Crippen LogP contribution is 2.21. The molecule has 0 aromatic heterocycles. The predicted molar refractivity (Wildman–Crippen MR) is 87.7 cm³/mol. The van der Waals surface area contributed by atoms with Crippen LogP contribution in [-0.4, -0.2) is 29.5 Å². The lowest BCUT2D eigenvalue weighted by atomic mass is 10.0. The highest BCUT2D eigenvalue weighted by Gasteiger charge is 2.37. The van der Waals surface area contributed by atoms with Gasteiger partial charge in [-0.25, -0.2) is 9.69 Å². The zero-order valence-corrected chi connectivity index (χ0v) is 12.8. The summed E-state index contributed by atoms with van der Waals surface area (Å²) >= 11 is 0. The molecule has 1 aromatic rings. The Hall–Kier alpha value is -2.62. The minimum atomic E-state index is -0.532. The molecule has 1 fully saturated rings. The van der Waals surface area contributed by atoms with E-state index in [1.54, 1.807) is 0 Å². The molecule has 4 nitrogen and oxygen atoms in total. The molecule has 1 aliphatic carbocycles. The molecule has 1 aliphatic heterocycles. The van der Waals surface area contributed by atoms with Crippen LogP contribution in [0.5, 0.6) is 0 Å². The molecule has 1 atom stereocenters. The molecule has 0 spiro atoms. The van der Waals surface area contributed by atoms with Gasteiger partial charge in [-0.1, -0.05) is 66.8 Å². The molecule has 2 aliphatic rings. The van der Waals surface area contributed by atoms with Crippen LogP contribution in [0, 0.1) is 5.92 Å². The normalized spacial score (nSPS) is 20.6. The zero-order chi connectivity index (χ0) is 16.1. The first-order valence-corrected chi connectivity index (χ1v) is 7.78. The van der Waals surface area contributed by atoms with E-state index < -0.39 is 6.09 Å². The quantitative estimate of drug-likeness (QED) is 0.857. The first-order valence-electron chi connectivity index (χ1n) is 7.78. The van der Waals surface area contributed by atoms with Crippen LogP contribution in [0.1, 0.15) is 12.0 Å². The summed E-state index contributed by atoms with van der Waals surface area (Å²) in [7, 11) is 0. The number of nitrogens with zero attached hydrogens (tertiary/aromatic N) is 1. The summed E-state index contributed by atoms with van der Waals surface area (Å²) < 4.78 is 5.10. The van der Waals surface area contributed by atoms with Gasteiger partial charge in [0.05, 0.1) is 6.04 Å². The van der Waals surface area contributed by atoms with Gasteiger partial charge in [-0.2, -0.15) is 0 Å². The van der Waals surface area contributed by atoms with Crippen LogP contribution in [0.15, 0.2) is 66.8 Å². The van der Waals surface area contributed by atoms with Gasteiger partial charge >= 0.3 is 6.09 Å². The van der Waals surface area contributed by atoms with Crippen LogP contribution < -0.4 is 0 Å². The maximum Gasteiger partial charge on any atom is 0.416 e. The Kier molecular flexibility index (Phi) is 4.71. The van der Waals surface area contributed by atoms with Crippen LogP contribution in [0.3, 0.4) is 0 Å². The van der Waals surface area contributed by atoms with E-state index in [4.69, 9.17) is 4.74 Å². The van der Waals surface area contributed by atoms with Gasteiger partial charge in [0.1, 0.15) is 6.61 Å². The Bertz CT molecular complexity index is 644. The lowest BCUT2D eigenvalue weighted by Gasteiger charge is -2.20.